The number of oxazole rings is 1. The summed E-state index contributed by atoms with van der Waals surface area (Å²) in [6.45, 7) is 4.55. The number of halogens is 1. The van der Waals surface area contributed by atoms with Crippen molar-refractivity contribution in [2.75, 3.05) is 0 Å². The zero-order valence-electron chi connectivity index (χ0n) is 10.3. The van der Waals surface area contributed by atoms with Crippen LogP contribution in [-0.2, 0) is 6.54 Å². The summed E-state index contributed by atoms with van der Waals surface area (Å²) in [4.78, 5) is 4.86. The largest absolute Gasteiger partial charge is 0.440 e. The minimum Gasteiger partial charge on any atom is -0.440 e. The predicted octanol–water partition coefficient (Wildman–Crippen LogP) is 3.46. The third-order valence-electron chi connectivity index (χ3n) is 2.37. The lowest BCUT2D eigenvalue weighted by Crippen LogP contribution is -2.22. The second kappa shape index (κ2) is 6.02. The molecule has 2 aromatic rings. The molecule has 1 aromatic heterocycles. The Balaban J connectivity index is 2.20. The summed E-state index contributed by atoms with van der Waals surface area (Å²) in [5, 5.41) is 3.74. The van der Waals surface area contributed by atoms with Gasteiger partial charge in [0.25, 0.3) is 5.22 Å². The van der Waals surface area contributed by atoms with Crippen molar-refractivity contribution in [3.63, 3.8) is 0 Å². The van der Waals surface area contributed by atoms with Gasteiger partial charge in [-0.1, -0.05) is 19.9 Å². The zero-order chi connectivity index (χ0) is 13.0. The van der Waals surface area contributed by atoms with Gasteiger partial charge in [0.05, 0.1) is 6.20 Å². The topological polar surface area (TPSA) is 38.1 Å². The summed E-state index contributed by atoms with van der Waals surface area (Å²) in [6, 6.07) is 5.34. The first-order valence-corrected chi connectivity index (χ1v) is 6.56. The van der Waals surface area contributed by atoms with Crippen molar-refractivity contribution in [2.24, 2.45) is 0 Å². The van der Waals surface area contributed by atoms with Crippen LogP contribution < -0.4 is 5.32 Å². The van der Waals surface area contributed by atoms with E-state index in [0.29, 0.717) is 23.4 Å². The standard InChI is InChI=1S/C13H15FN2OS/c1-9(2)16-8-10-11(14)4-3-5-12(10)18-13-15-6-7-17-13/h3-7,9,16H,8H2,1-2H3. The quantitative estimate of drug-likeness (QED) is 0.899. The van der Waals surface area contributed by atoms with Crippen LogP contribution in [0.1, 0.15) is 19.4 Å². The van der Waals surface area contributed by atoms with Crippen molar-refractivity contribution < 1.29 is 8.81 Å². The number of aromatic nitrogens is 1. The maximum absolute atomic E-state index is 13.8. The monoisotopic (exact) mass is 266 g/mol. The average molecular weight is 266 g/mol. The van der Waals surface area contributed by atoms with E-state index in [0.717, 1.165) is 4.90 Å². The highest BCUT2D eigenvalue weighted by Crippen LogP contribution is 2.30. The van der Waals surface area contributed by atoms with Gasteiger partial charge in [0.2, 0.25) is 0 Å². The second-order valence-electron chi connectivity index (χ2n) is 4.15. The van der Waals surface area contributed by atoms with Gasteiger partial charge >= 0.3 is 0 Å². The lowest BCUT2D eigenvalue weighted by atomic mass is 10.2. The fourth-order valence-electron chi connectivity index (χ4n) is 1.47. The number of benzene rings is 1. The number of hydrogen-bond acceptors (Lipinski definition) is 4. The van der Waals surface area contributed by atoms with Gasteiger partial charge in [0.15, 0.2) is 0 Å². The van der Waals surface area contributed by atoms with Crippen LogP contribution in [0.2, 0.25) is 0 Å². The highest BCUT2D eigenvalue weighted by molar-refractivity contribution is 7.99. The normalized spacial score (nSPS) is 11.1. The van der Waals surface area contributed by atoms with Crippen molar-refractivity contribution in [1.29, 1.82) is 0 Å². The SMILES string of the molecule is CC(C)NCc1c(F)cccc1Sc1ncco1. The molecule has 0 atom stereocenters. The van der Waals surface area contributed by atoms with Crippen LogP contribution >= 0.6 is 11.8 Å². The van der Waals surface area contributed by atoms with Gasteiger partial charge in [-0.2, -0.15) is 0 Å². The molecule has 5 heteroatoms. The first kappa shape index (κ1) is 13.1. The Morgan fingerprint density at radius 2 is 2.28 bits per heavy atom. The molecule has 0 fully saturated rings. The summed E-state index contributed by atoms with van der Waals surface area (Å²) in [7, 11) is 0. The Labute approximate surface area is 110 Å². The Kier molecular flexibility index (Phi) is 4.38. The maximum atomic E-state index is 13.8. The summed E-state index contributed by atoms with van der Waals surface area (Å²) in [5.41, 5.74) is 0.648. The van der Waals surface area contributed by atoms with Crippen molar-refractivity contribution >= 4 is 11.8 Å². The van der Waals surface area contributed by atoms with E-state index in [1.54, 1.807) is 12.3 Å². The van der Waals surface area contributed by atoms with Gasteiger partial charge in [0.1, 0.15) is 12.1 Å². The summed E-state index contributed by atoms with van der Waals surface area (Å²) in [5.74, 6) is -0.209. The van der Waals surface area contributed by atoms with E-state index >= 15 is 0 Å². The molecule has 3 nitrogen and oxygen atoms in total. The van der Waals surface area contributed by atoms with Crippen molar-refractivity contribution in [3.05, 3.63) is 42.0 Å². The number of nitrogens with one attached hydrogen (secondary N) is 1. The van der Waals surface area contributed by atoms with E-state index < -0.39 is 0 Å². The number of nitrogens with zero attached hydrogens (tertiary/aromatic N) is 1. The zero-order valence-corrected chi connectivity index (χ0v) is 11.1. The molecular formula is C13H15FN2OS. The highest BCUT2D eigenvalue weighted by Gasteiger charge is 2.11. The molecule has 1 aromatic carbocycles. The van der Waals surface area contributed by atoms with E-state index in [9.17, 15) is 4.39 Å². The molecule has 0 bridgehead atoms. The minimum atomic E-state index is -0.209. The summed E-state index contributed by atoms with van der Waals surface area (Å²) < 4.78 is 19.0. The third kappa shape index (κ3) is 3.34. The molecule has 0 radical (unpaired) electrons. The van der Waals surface area contributed by atoms with Gasteiger partial charge in [-0.25, -0.2) is 9.37 Å². The molecule has 0 aliphatic rings. The van der Waals surface area contributed by atoms with Crippen LogP contribution in [0.4, 0.5) is 4.39 Å². The molecule has 18 heavy (non-hydrogen) atoms. The van der Waals surface area contributed by atoms with E-state index in [1.165, 1.54) is 24.1 Å². The summed E-state index contributed by atoms with van der Waals surface area (Å²) >= 11 is 1.33. The Morgan fingerprint density at radius 3 is 2.94 bits per heavy atom. The fourth-order valence-corrected chi connectivity index (χ4v) is 2.31. The number of hydrogen-bond donors (Lipinski definition) is 1. The first-order valence-electron chi connectivity index (χ1n) is 5.75. The molecule has 0 unspecified atom stereocenters. The molecule has 2 rings (SSSR count). The Hall–Kier alpha value is -1.33. The average Bonchev–Trinajstić information content (AvgIpc) is 2.81. The van der Waals surface area contributed by atoms with Crippen molar-refractivity contribution in [3.8, 4) is 0 Å². The van der Waals surface area contributed by atoms with Crippen molar-refractivity contribution in [1.82, 2.24) is 10.3 Å². The van der Waals surface area contributed by atoms with E-state index in [1.807, 2.05) is 19.9 Å². The Morgan fingerprint density at radius 1 is 1.44 bits per heavy atom. The van der Waals surface area contributed by atoms with E-state index in [-0.39, 0.29) is 5.82 Å². The smallest absolute Gasteiger partial charge is 0.260 e. The van der Waals surface area contributed by atoms with Gasteiger partial charge in [-0.3, -0.25) is 0 Å². The van der Waals surface area contributed by atoms with E-state index in [4.69, 9.17) is 4.42 Å². The molecule has 0 saturated heterocycles. The molecule has 0 amide bonds. The van der Waals surface area contributed by atoms with Crippen molar-refractivity contribution in [2.45, 2.75) is 36.6 Å². The lowest BCUT2D eigenvalue weighted by Gasteiger charge is -2.12. The van der Waals surface area contributed by atoms with Crippen LogP contribution in [-0.4, -0.2) is 11.0 Å². The van der Waals surface area contributed by atoms with E-state index in [2.05, 4.69) is 10.3 Å². The van der Waals surface area contributed by atoms with Gasteiger partial charge in [0, 0.05) is 23.0 Å². The summed E-state index contributed by atoms with van der Waals surface area (Å²) in [6.07, 6.45) is 3.08. The maximum Gasteiger partial charge on any atom is 0.260 e. The second-order valence-corrected chi connectivity index (χ2v) is 5.15. The fraction of sp³-hybridized carbons (Fsp3) is 0.308. The first-order chi connectivity index (χ1) is 8.66. The van der Waals surface area contributed by atoms with Crippen LogP contribution in [0.3, 0.4) is 0 Å². The molecule has 1 heterocycles. The molecular weight excluding hydrogens is 251 g/mol. The number of rotatable bonds is 5. The van der Waals surface area contributed by atoms with Crippen LogP contribution in [0, 0.1) is 5.82 Å². The Bertz CT molecular complexity index is 500. The molecule has 1 N–H and O–H groups in total. The third-order valence-corrected chi connectivity index (χ3v) is 3.35. The molecule has 0 saturated carbocycles. The highest BCUT2D eigenvalue weighted by atomic mass is 32.2. The molecule has 0 aliphatic carbocycles. The molecule has 0 aliphatic heterocycles. The molecule has 96 valence electrons. The molecule has 0 spiro atoms. The lowest BCUT2D eigenvalue weighted by molar-refractivity contribution is 0.454. The minimum absolute atomic E-state index is 0.209. The van der Waals surface area contributed by atoms with Gasteiger partial charge in [-0.15, -0.1) is 0 Å². The van der Waals surface area contributed by atoms with Crippen LogP contribution in [0.25, 0.3) is 0 Å². The van der Waals surface area contributed by atoms with Gasteiger partial charge < -0.3 is 9.73 Å². The predicted molar refractivity (Wildman–Crippen MR) is 69.0 cm³/mol. The van der Waals surface area contributed by atoms with Gasteiger partial charge in [-0.05, 0) is 23.9 Å². The van der Waals surface area contributed by atoms with Crippen LogP contribution in [0.15, 0.2) is 45.2 Å². The van der Waals surface area contributed by atoms with Crippen LogP contribution in [0.5, 0.6) is 0 Å².